The number of nitrogens with zero attached hydrogens (tertiary/aromatic N) is 2. The lowest BCUT2D eigenvalue weighted by atomic mass is 10.3. The molecule has 0 bridgehead atoms. The Morgan fingerprint density at radius 3 is 2.55 bits per heavy atom. The first-order valence-electron chi connectivity index (χ1n) is 6.26. The molecule has 1 aromatic carbocycles. The summed E-state index contributed by atoms with van der Waals surface area (Å²) >= 11 is 0. The number of hydrogen-bond acceptors (Lipinski definition) is 5. The zero-order valence-corrected chi connectivity index (χ0v) is 12.1. The first-order valence-corrected chi connectivity index (χ1v) is 7.70. The molecule has 0 radical (unpaired) electrons. The molecule has 0 heterocycles. The summed E-state index contributed by atoms with van der Waals surface area (Å²) in [6.45, 7) is 2.11. The highest BCUT2D eigenvalue weighted by molar-refractivity contribution is 7.89. The fourth-order valence-electron chi connectivity index (χ4n) is 2.10. The molecule has 0 atom stereocenters. The van der Waals surface area contributed by atoms with Gasteiger partial charge in [0.25, 0.3) is 0 Å². The predicted octanol–water partition coefficient (Wildman–Crippen LogP) is 1.78. The number of sulfonamides is 1. The third kappa shape index (κ3) is 2.61. The van der Waals surface area contributed by atoms with Crippen molar-refractivity contribution in [1.29, 1.82) is 0 Å². The van der Waals surface area contributed by atoms with E-state index >= 15 is 0 Å². The van der Waals surface area contributed by atoms with Crippen LogP contribution in [0.5, 0.6) is 5.75 Å². The van der Waals surface area contributed by atoms with Gasteiger partial charge in [0, 0.05) is 18.7 Å². The molecule has 0 N–H and O–H groups in total. The minimum atomic E-state index is -3.70. The van der Waals surface area contributed by atoms with Gasteiger partial charge in [-0.3, -0.25) is 10.1 Å². The smallest absolute Gasteiger partial charge is 0.312 e. The van der Waals surface area contributed by atoms with Crippen LogP contribution in [-0.2, 0) is 10.0 Å². The van der Waals surface area contributed by atoms with Crippen LogP contribution in [0.25, 0.3) is 0 Å². The second-order valence-electron chi connectivity index (χ2n) is 4.53. The number of methoxy groups -OCH3 is 1. The van der Waals surface area contributed by atoms with Gasteiger partial charge in [0.05, 0.1) is 16.9 Å². The number of ether oxygens (including phenoxy) is 1. The molecule has 1 aromatic rings. The van der Waals surface area contributed by atoms with Gasteiger partial charge in [-0.05, 0) is 25.0 Å². The van der Waals surface area contributed by atoms with Gasteiger partial charge in [0.15, 0.2) is 5.75 Å². The molecule has 0 amide bonds. The predicted molar refractivity (Wildman–Crippen MR) is 72.2 cm³/mol. The van der Waals surface area contributed by atoms with Crippen LogP contribution in [0.1, 0.15) is 19.8 Å². The molecule has 0 unspecified atom stereocenters. The summed E-state index contributed by atoms with van der Waals surface area (Å²) in [6.07, 6.45) is 1.68. The van der Waals surface area contributed by atoms with Crippen molar-refractivity contribution in [2.75, 3.05) is 13.7 Å². The van der Waals surface area contributed by atoms with E-state index in [1.807, 2.05) is 0 Å². The van der Waals surface area contributed by atoms with Crippen LogP contribution in [0, 0.1) is 10.1 Å². The van der Waals surface area contributed by atoms with Gasteiger partial charge in [0.1, 0.15) is 0 Å². The highest BCUT2D eigenvalue weighted by Crippen LogP contribution is 2.34. The van der Waals surface area contributed by atoms with E-state index in [4.69, 9.17) is 4.74 Å². The summed E-state index contributed by atoms with van der Waals surface area (Å²) < 4.78 is 31.2. The van der Waals surface area contributed by atoms with E-state index in [9.17, 15) is 18.5 Å². The van der Waals surface area contributed by atoms with Crippen LogP contribution in [0.4, 0.5) is 5.69 Å². The Morgan fingerprint density at radius 1 is 1.45 bits per heavy atom. The van der Waals surface area contributed by atoms with Crippen molar-refractivity contribution in [3.8, 4) is 5.75 Å². The van der Waals surface area contributed by atoms with Crippen LogP contribution < -0.4 is 4.74 Å². The highest BCUT2D eigenvalue weighted by atomic mass is 32.2. The van der Waals surface area contributed by atoms with Gasteiger partial charge in [-0.25, -0.2) is 8.42 Å². The zero-order chi connectivity index (χ0) is 14.9. The fraction of sp³-hybridized carbons (Fsp3) is 0.500. The third-order valence-electron chi connectivity index (χ3n) is 3.22. The average molecular weight is 300 g/mol. The zero-order valence-electron chi connectivity index (χ0n) is 11.3. The molecule has 2 rings (SSSR count). The Hall–Kier alpha value is -1.67. The van der Waals surface area contributed by atoms with Crippen molar-refractivity contribution in [1.82, 2.24) is 4.31 Å². The molecular formula is C12H16N2O5S. The first kappa shape index (κ1) is 14.7. The number of benzene rings is 1. The standard InChI is InChI=1S/C12H16N2O5S/c1-3-13(9-4-5-9)20(17,18)10-6-7-12(19-2)11(8-10)14(15)16/h6-9H,3-5H2,1-2H3. The Morgan fingerprint density at radius 2 is 2.10 bits per heavy atom. The second-order valence-corrected chi connectivity index (χ2v) is 6.42. The normalized spacial score (nSPS) is 15.3. The Kier molecular flexibility index (Phi) is 3.96. The summed E-state index contributed by atoms with van der Waals surface area (Å²) in [5, 5.41) is 11.0. The van der Waals surface area contributed by atoms with E-state index < -0.39 is 14.9 Å². The van der Waals surface area contributed by atoms with E-state index in [0.29, 0.717) is 6.54 Å². The molecule has 0 spiro atoms. The fourth-order valence-corrected chi connectivity index (χ4v) is 3.81. The maximum Gasteiger partial charge on any atom is 0.312 e. The summed E-state index contributed by atoms with van der Waals surface area (Å²) in [7, 11) is -2.39. The van der Waals surface area contributed by atoms with Gasteiger partial charge in [-0.2, -0.15) is 4.31 Å². The number of nitro groups is 1. The average Bonchev–Trinajstić information content (AvgIpc) is 3.22. The van der Waals surface area contributed by atoms with Crippen molar-refractivity contribution >= 4 is 15.7 Å². The quantitative estimate of drug-likeness (QED) is 0.590. The van der Waals surface area contributed by atoms with E-state index in [0.717, 1.165) is 18.9 Å². The lowest BCUT2D eigenvalue weighted by molar-refractivity contribution is -0.386. The molecule has 8 heteroatoms. The van der Waals surface area contributed by atoms with Crippen LogP contribution >= 0.6 is 0 Å². The van der Waals surface area contributed by atoms with Gasteiger partial charge >= 0.3 is 5.69 Å². The summed E-state index contributed by atoms with van der Waals surface area (Å²) in [6, 6.07) is 3.73. The largest absolute Gasteiger partial charge is 0.490 e. The minimum absolute atomic E-state index is 0.0196. The van der Waals surface area contributed by atoms with Gasteiger partial charge in [0.2, 0.25) is 10.0 Å². The van der Waals surface area contributed by atoms with E-state index in [-0.39, 0.29) is 22.4 Å². The second kappa shape index (κ2) is 5.37. The van der Waals surface area contributed by atoms with E-state index in [1.54, 1.807) is 6.92 Å². The SMILES string of the molecule is CCN(C1CC1)S(=O)(=O)c1ccc(OC)c([N+](=O)[O-])c1. The van der Waals surface area contributed by atoms with Gasteiger partial charge < -0.3 is 4.74 Å². The molecule has 1 aliphatic rings. The van der Waals surface area contributed by atoms with Crippen LogP contribution in [0.2, 0.25) is 0 Å². The minimum Gasteiger partial charge on any atom is -0.490 e. The third-order valence-corrected chi connectivity index (χ3v) is 5.24. The number of nitro benzene ring substituents is 1. The van der Waals surface area contributed by atoms with Gasteiger partial charge in [-0.15, -0.1) is 0 Å². The van der Waals surface area contributed by atoms with Gasteiger partial charge in [-0.1, -0.05) is 6.92 Å². The molecular weight excluding hydrogens is 284 g/mol. The number of rotatable bonds is 6. The van der Waals surface area contributed by atoms with Crippen molar-refractivity contribution in [2.45, 2.75) is 30.7 Å². The van der Waals surface area contributed by atoms with Crippen LogP contribution in [0.3, 0.4) is 0 Å². The highest BCUT2D eigenvalue weighted by Gasteiger charge is 2.37. The Labute approximate surface area is 117 Å². The summed E-state index contributed by atoms with van der Waals surface area (Å²) in [5.74, 6) is 0.0448. The summed E-state index contributed by atoms with van der Waals surface area (Å²) in [4.78, 5) is 10.2. The molecule has 1 fully saturated rings. The Balaban J connectivity index is 2.46. The first-order chi connectivity index (χ1) is 9.41. The maximum atomic E-state index is 12.5. The molecule has 110 valence electrons. The van der Waals surface area contributed by atoms with Crippen molar-refractivity contribution < 1.29 is 18.1 Å². The molecule has 0 aliphatic heterocycles. The van der Waals surface area contributed by atoms with Crippen molar-refractivity contribution in [3.05, 3.63) is 28.3 Å². The van der Waals surface area contributed by atoms with Crippen LogP contribution in [-0.4, -0.2) is 37.3 Å². The van der Waals surface area contributed by atoms with Crippen molar-refractivity contribution in [3.63, 3.8) is 0 Å². The van der Waals surface area contributed by atoms with E-state index in [2.05, 4.69) is 0 Å². The molecule has 0 aromatic heterocycles. The topological polar surface area (TPSA) is 89.8 Å². The van der Waals surface area contributed by atoms with Crippen LogP contribution in [0.15, 0.2) is 23.1 Å². The Bertz CT molecular complexity index is 625. The monoisotopic (exact) mass is 300 g/mol. The lowest BCUT2D eigenvalue weighted by Crippen LogP contribution is -2.32. The molecule has 7 nitrogen and oxygen atoms in total. The summed E-state index contributed by atoms with van der Waals surface area (Å²) in [5.41, 5.74) is -0.347. The maximum absolute atomic E-state index is 12.5. The molecule has 0 saturated heterocycles. The number of hydrogen-bond donors (Lipinski definition) is 0. The van der Waals surface area contributed by atoms with E-state index in [1.165, 1.54) is 23.5 Å². The molecule has 20 heavy (non-hydrogen) atoms. The molecule has 1 saturated carbocycles. The lowest BCUT2D eigenvalue weighted by Gasteiger charge is -2.19. The van der Waals surface area contributed by atoms with Crippen molar-refractivity contribution in [2.24, 2.45) is 0 Å². The molecule has 1 aliphatic carbocycles.